The predicted molar refractivity (Wildman–Crippen MR) is 107 cm³/mol. The van der Waals surface area contributed by atoms with E-state index in [-0.39, 0.29) is 92.1 Å². The summed E-state index contributed by atoms with van der Waals surface area (Å²) >= 11 is 0. The van der Waals surface area contributed by atoms with Gasteiger partial charge in [0.25, 0.3) is 0 Å². The largest absolute Gasteiger partial charge is 0.392 e. The van der Waals surface area contributed by atoms with Crippen molar-refractivity contribution in [1.82, 2.24) is 0 Å². The fraction of sp³-hybridized carbons (Fsp3) is 0.750. The van der Waals surface area contributed by atoms with Gasteiger partial charge in [-0.15, -0.1) is 0 Å². The second kappa shape index (κ2) is 20.6. The summed E-state index contributed by atoms with van der Waals surface area (Å²) in [6.07, 6.45) is 0.0692. The zero-order chi connectivity index (χ0) is 19.7. The van der Waals surface area contributed by atoms with Gasteiger partial charge in [-0.3, -0.25) is 4.79 Å². The maximum Gasteiger partial charge on any atom is 0.331 e. The predicted octanol–water partition coefficient (Wildman–Crippen LogP) is -2.25. The molecule has 0 aromatic rings. The maximum absolute atomic E-state index is 11.7. The molecule has 0 spiro atoms. The SMILES string of the molecule is CC(C)C[C@H](N)C(=O)OC(=O)C[C@H](N)C(=O)OC(=O)[C@@H](N)CC(C)C.[Fe].[Fe].[MgH2].[MgH2]. The molecule has 29 heavy (non-hydrogen) atoms. The third kappa shape index (κ3) is 19.2. The maximum atomic E-state index is 11.7. The molecule has 0 radical (unpaired) electrons. The van der Waals surface area contributed by atoms with Gasteiger partial charge in [-0.1, -0.05) is 27.7 Å². The molecule has 0 rings (SSSR count). The molecule has 0 aliphatic heterocycles. The topological polar surface area (TPSA) is 165 Å². The first-order chi connectivity index (χ1) is 11.4. The number of carbonyl (C=O) groups excluding carboxylic acids is 4. The Hall–Kier alpha value is 0.731. The van der Waals surface area contributed by atoms with Gasteiger partial charge in [-0.05, 0) is 24.7 Å². The van der Waals surface area contributed by atoms with E-state index >= 15 is 0 Å². The zero-order valence-electron chi connectivity index (χ0n) is 15.9. The molecule has 0 aromatic heterocycles. The van der Waals surface area contributed by atoms with Gasteiger partial charge in [0.15, 0.2) is 0 Å². The van der Waals surface area contributed by atoms with Crippen molar-refractivity contribution >= 4 is 70.0 Å². The molecular formula is C16H33Fe2Mg2N3O6. The van der Waals surface area contributed by atoms with Gasteiger partial charge in [-0.2, -0.15) is 0 Å². The summed E-state index contributed by atoms with van der Waals surface area (Å²) in [5.41, 5.74) is 16.7. The molecule has 0 aliphatic carbocycles. The minimum Gasteiger partial charge on any atom is -0.392 e. The summed E-state index contributed by atoms with van der Waals surface area (Å²) in [6, 6.07) is -3.35. The first-order valence-electron chi connectivity index (χ1n) is 8.20. The van der Waals surface area contributed by atoms with E-state index < -0.39 is 48.4 Å². The van der Waals surface area contributed by atoms with Crippen LogP contribution in [-0.4, -0.2) is 88.1 Å². The van der Waals surface area contributed by atoms with Crippen LogP contribution < -0.4 is 17.2 Å². The van der Waals surface area contributed by atoms with E-state index in [4.69, 9.17) is 17.2 Å². The first-order valence-corrected chi connectivity index (χ1v) is 8.20. The van der Waals surface area contributed by atoms with Crippen molar-refractivity contribution in [2.75, 3.05) is 0 Å². The molecule has 0 aromatic carbocycles. The van der Waals surface area contributed by atoms with E-state index in [9.17, 15) is 19.2 Å². The van der Waals surface area contributed by atoms with Crippen LogP contribution in [-0.2, 0) is 62.8 Å². The number of hydrogen-bond acceptors (Lipinski definition) is 9. The van der Waals surface area contributed by atoms with Crippen LogP contribution in [0, 0.1) is 11.8 Å². The number of ether oxygens (including phenoxy) is 2. The van der Waals surface area contributed by atoms with Gasteiger partial charge in [0, 0.05) is 34.1 Å². The smallest absolute Gasteiger partial charge is 0.331 e. The molecule has 6 N–H and O–H groups in total. The van der Waals surface area contributed by atoms with Crippen LogP contribution in [0.15, 0.2) is 0 Å². The van der Waals surface area contributed by atoms with Gasteiger partial charge in [-0.25, -0.2) is 14.4 Å². The third-order valence-electron chi connectivity index (χ3n) is 3.16. The van der Waals surface area contributed by atoms with E-state index in [1.807, 2.05) is 27.7 Å². The van der Waals surface area contributed by atoms with Crippen LogP contribution in [0.5, 0.6) is 0 Å². The van der Waals surface area contributed by atoms with Crippen LogP contribution in [0.1, 0.15) is 47.0 Å². The number of carbonyl (C=O) groups is 4. The Balaban J connectivity index is -0.000000480. The summed E-state index contributed by atoms with van der Waals surface area (Å²) in [6.45, 7) is 7.44. The van der Waals surface area contributed by atoms with Crippen LogP contribution in [0.25, 0.3) is 0 Å². The summed E-state index contributed by atoms with van der Waals surface area (Å²) < 4.78 is 9.07. The molecule has 0 unspecified atom stereocenters. The Morgan fingerprint density at radius 3 is 1.31 bits per heavy atom. The van der Waals surface area contributed by atoms with Crippen LogP contribution in [0.4, 0.5) is 0 Å². The Bertz CT molecular complexity index is 513. The van der Waals surface area contributed by atoms with Crippen molar-refractivity contribution < 1.29 is 62.8 Å². The second-order valence-electron chi connectivity index (χ2n) is 6.82. The normalized spacial score (nSPS) is 12.7. The van der Waals surface area contributed by atoms with Crippen LogP contribution >= 0.6 is 0 Å². The molecule has 0 saturated heterocycles. The third-order valence-corrected chi connectivity index (χ3v) is 3.16. The number of nitrogens with two attached hydrogens (primary N) is 3. The standard InChI is InChI=1S/C16H29N3O6.2Fe.2Mg.4H/c1-8(2)5-10(17)14(21)24-13(20)7-12(19)16(23)25-15(22)11(18)6-9(3)4;;;;;;;;/h8-12H,5-7,17-19H2,1-4H3;;;;;;;;/t10-,11-,12-;;;;;;;;/m0......../s1. The van der Waals surface area contributed by atoms with E-state index in [2.05, 4.69) is 9.47 Å². The molecule has 0 amide bonds. The second-order valence-corrected chi connectivity index (χ2v) is 6.82. The number of esters is 4. The minimum atomic E-state index is -1.45. The molecule has 168 valence electrons. The van der Waals surface area contributed by atoms with Gasteiger partial charge in [0.2, 0.25) is 0 Å². The fourth-order valence-electron chi connectivity index (χ4n) is 1.95. The molecule has 0 fully saturated rings. The molecular weight excluding hydrogens is 490 g/mol. The number of hydrogen-bond donors (Lipinski definition) is 3. The van der Waals surface area contributed by atoms with Crippen molar-refractivity contribution in [2.24, 2.45) is 29.0 Å². The molecule has 13 heteroatoms. The van der Waals surface area contributed by atoms with Crippen LogP contribution in [0.3, 0.4) is 0 Å². The van der Waals surface area contributed by atoms with Gasteiger partial charge in [0.05, 0.1) is 6.42 Å². The molecule has 3 atom stereocenters. The quantitative estimate of drug-likeness (QED) is 0.172. The van der Waals surface area contributed by atoms with Gasteiger partial charge >= 0.3 is 70.0 Å². The summed E-state index contributed by atoms with van der Waals surface area (Å²) in [5, 5.41) is 0. The Kier molecular flexibility index (Phi) is 28.5. The molecule has 9 nitrogen and oxygen atoms in total. The Morgan fingerprint density at radius 1 is 0.655 bits per heavy atom. The monoisotopic (exact) mass is 523 g/mol. The van der Waals surface area contributed by atoms with Crippen molar-refractivity contribution in [3.8, 4) is 0 Å². The molecule has 0 heterocycles. The van der Waals surface area contributed by atoms with E-state index in [1.165, 1.54) is 0 Å². The van der Waals surface area contributed by atoms with E-state index in [1.54, 1.807) is 0 Å². The molecule has 0 aliphatic rings. The zero-order valence-corrected chi connectivity index (χ0v) is 18.1. The van der Waals surface area contributed by atoms with Gasteiger partial charge < -0.3 is 26.7 Å². The number of rotatable bonds is 9. The van der Waals surface area contributed by atoms with E-state index in [0.717, 1.165) is 0 Å². The average molecular weight is 524 g/mol. The Morgan fingerprint density at radius 2 is 0.966 bits per heavy atom. The van der Waals surface area contributed by atoms with Crippen molar-refractivity contribution in [3.05, 3.63) is 0 Å². The minimum absolute atomic E-state index is 0. The molecule has 0 saturated carbocycles. The molecule has 0 bridgehead atoms. The summed E-state index contributed by atoms with van der Waals surface area (Å²) in [5.74, 6) is -3.65. The van der Waals surface area contributed by atoms with Crippen molar-refractivity contribution in [1.29, 1.82) is 0 Å². The van der Waals surface area contributed by atoms with Crippen LogP contribution in [0.2, 0.25) is 0 Å². The average Bonchev–Trinajstić information content (AvgIpc) is 2.45. The van der Waals surface area contributed by atoms with Gasteiger partial charge in [0.1, 0.15) is 18.1 Å². The Labute approximate surface area is 225 Å². The van der Waals surface area contributed by atoms with Crippen molar-refractivity contribution in [2.45, 2.75) is 65.1 Å². The summed E-state index contributed by atoms with van der Waals surface area (Å²) in [4.78, 5) is 46.6. The fourth-order valence-corrected chi connectivity index (χ4v) is 1.95. The first kappa shape index (κ1) is 40.1. The van der Waals surface area contributed by atoms with Crippen molar-refractivity contribution in [3.63, 3.8) is 0 Å². The summed E-state index contributed by atoms with van der Waals surface area (Å²) in [7, 11) is 0. The van der Waals surface area contributed by atoms with E-state index in [0.29, 0.717) is 12.8 Å².